The first-order chi connectivity index (χ1) is 11.6. The molecule has 0 aromatic heterocycles. The lowest BCUT2D eigenvalue weighted by atomic mass is 10.1. The lowest BCUT2D eigenvalue weighted by Gasteiger charge is -2.33. The second-order valence-corrected chi connectivity index (χ2v) is 5.98. The molecule has 24 heavy (non-hydrogen) atoms. The second-order valence-electron chi connectivity index (χ2n) is 5.98. The first kappa shape index (κ1) is 18.3. The second kappa shape index (κ2) is 9.27. The van der Waals surface area contributed by atoms with Crippen molar-refractivity contribution < 1.29 is 24.2 Å². The number of rotatable bonds is 8. The third kappa shape index (κ3) is 5.53. The highest BCUT2D eigenvalue weighted by molar-refractivity contribution is 5.81. The molecule has 0 unspecified atom stereocenters. The summed E-state index contributed by atoms with van der Waals surface area (Å²) in [6.45, 7) is 3.31. The SMILES string of the molecule is Cc1ccccc1OCCCC(=O)N(CC(=O)O)C1CCOCC1. The summed E-state index contributed by atoms with van der Waals surface area (Å²) in [5.41, 5.74) is 1.05. The summed E-state index contributed by atoms with van der Waals surface area (Å²) in [7, 11) is 0. The molecule has 1 aromatic carbocycles. The minimum atomic E-state index is -0.981. The maximum Gasteiger partial charge on any atom is 0.323 e. The first-order valence-corrected chi connectivity index (χ1v) is 8.35. The number of carboxylic acid groups (broad SMARTS) is 1. The summed E-state index contributed by atoms with van der Waals surface area (Å²) in [6.07, 6.45) is 2.24. The average Bonchev–Trinajstić information content (AvgIpc) is 2.58. The Kier molecular flexibility index (Phi) is 7.06. The number of para-hydroxylation sites is 1. The fourth-order valence-corrected chi connectivity index (χ4v) is 2.83. The van der Waals surface area contributed by atoms with Crippen molar-refractivity contribution in [3.8, 4) is 5.75 Å². The van der Waals surface area contributed by atoms with Gasteiger partial charge in [0.1, 0.15) is 12.3 Å². The van der Waals surface area contributed by atoms with Gasteiger partial charge in [0.15, 0.2) is 0 Å². The van der Waals surface area contributed by atoms with Gasteiger partial charge < -0.3 is 19.5 Å². The number of carboxylic acids is 1. The number of nitrogens with zero attached hydrogens (tertiary/aromatic N) is 1. The third-order valence-corrected chi connectivity index (χ3v) is 4.14. The van der Waals surface area contributed by atoms with E-state index in [1.54, 1.807) is 0 Å². The highest BCUT2D eigenvalue weighted by Crippen LogP contribution is 2.18. The Morgan fingerprint density at radius 3 is 2.67 bits per heavy atom. The van der Waals surface area contributed by atoms with Gasteiger partial charge in [-0.1, -0.05) is 18.2 Å². The topological polar surface area (TPSA) is 76.1 Å². The molecule has 1 aliphatic heterocycles. The van der Waals surface area contributed by atoms with Gasteiger partial charge >= 0.3 is 5.97 Å². The van der Waals surface area contributed by atoms with E-state index in [4.69, 9.17) is 14.6 Å². The van der Waals surface area contributed by atoms with E-state index in [0.29, 0.717) is 39.1 Å². The van der Waals surface area contributed by atoms with Gasteiger partial charge in [-0.05, 0) is 37.8 Å². The molecule has 1 aliphatic rings. The Balaban J connectivity index is 1.81. The van der Waals surface area contributed by atoms with Gasteiger partial charge in [0.2, 0.25) is 5.91 Å². The summed E-state index contributed by atoms with van der Waals surface area (Å²) in [5, 5.41) is 9.06. The molecule has 6 nitrogen and oxygen atoms in total. The van der Waals surface area contributed by atoms with Crippen LogP contribution in [0.15, 0.2) is 24.3 Å². The van der Waals surface area contributed by atoms with Gasteiger partial charge in [-0.15, -0.1) is 0 Å². The van der Waals surface area contributed by atoms with Crippen LogP contribution in [0.5, 0.6) is 5.75 Å². The number of hydrogen-bond donors (Lipinski definition) is 1. The van der Waals surface area contributed by atoms with E-state index in [9.17, 15) is 9.59 Å². The van der Waals surface area contributed by atoms with E-state index < -0.39 is 5.97 Å². The van der Waals surface area contributed by atoms with Gasteiger partial charge in [0, 0.05) is 25.7 Å². The first-order valence-electron chi connectivity index (χ1n) is 8.35. The third-order valence-electron chi connectivity index (χ3n) is 4.14. The van der Waals surface area contributed by atoms with Crippen molar-refractivity contribution in [1.82, 2.24) is 4.90 Å². The van der Waals surface area contributed by atoms with E-state index in [-0.39, 0.29) is 24.9 Å². The lowest BCUT2D eigenvalue weighted by Crippen LogP contribution is -2.46. The molecule has 1 aromatic rings. The van der Waals surface area contributed by atoms with Crippen molar-refractivity contribution in [3.63, 3.8) is 0 Å². The number of ether oxygens (including phenoxy) is 2. The molecule has 0 atom stereocenters. The summed E-state index contributed by atoms with van der Waals surface area (Å²) < 4.78 is 11.0. The Hall–Kier alpha value is -2.08. The van der Waals surface area contributed by atoms with Gasteiger partial charge in [0.25, 0.3) is 0 Å². The molecule has 1 heterocycles. The molecule has 0 aliphatic carbocycles. The van der Waals surface area contributed by atoms with Crippen molar-refractivity contribution in [2.75, 3.05) is 26.4 Å². The molecular formula is C18H25NO5. The largest absolute Gasteiger partial charge is 0.493 e. The van der Waals surface area contributed by atoms with E-state index in [1.165, 1.54) is 4.90 Å². The molecule has 0 bridgehead atoms. The maximum atomic E-state index is 12.4. The molecule has 1 amide bonds. The van der Waals surface area contributed by atoms with E-state index in [1.807, 2.05) is 31.2 Å². The summed E-state index contributed by atoms with van der Waals surface area (Å²) in [5.74, 6) is -0.291. The number of carbonyl (C=O) groups excluding carboxylic acids is 1. The predicted octanol–water partition coefficient (Wildman–Crippen LogP) is 2.25. The Morgan fingerprint density at radius 2 is 2.00 bits per heavy atom. The van der Waals surface area contributed by atoms with Crippen molar-refractivity contribution in [2.24, 2.45) is 0 Å². The number of aryl methyl sites for hydroxylation is 1. The van der Waals surface area contributed by atoms with Crippen LogP contribution >= 0.6 is 0 Å². The van der Waals surface area contributed by atoms with Crippen LogP contribution < -0.4 is 4.74 Å². The van der Waals surface area contributed by atoms with Crippen LogP contribution in [-0.4, -0.2) is 54.3 Å². The zero-order valence-corrected chi connectivity index (χ0v) is 14.1. The van der Waals surface area contributed by atoms with E-state index in [0.717, 1.165) is 11.3 Å². The van der Waals surface area contributed by atoms with Crippen LogP contribution in [0.4, 0.5) is 0 Å². The molecule has 1 N–H and O–H groups in total. The summed E-state index contributed by atoms with van der Waals surface area (Å²) >= 11 is 0. The van der Waals surface area contributed by atoms with Crippen LogP contribution in [0.1, 0.15) is 31.2 Å². The fraction of sp³-hybridized carbons (Fsp3) is 0.556. The number of benzene rings is 1. The molecule has 2 rings (SSSR count). The molecule has 6 heteroatoms. The predicted molar refractivity (Wildman–Crippen MR) is 89.1 cm³/mol. The molecule has 0 saturated carbocycles. The highest BCUT2D eigenvalue weighted by Gasteiger charge is 2.27. The highest BCUT2D eigenvalue weighted by atomic mass is 16.5. The van der Waals surface area contributed by atoms with E-state index in [2.05, 4.69) is 0 Å². The van der Waals surface area contributed by atoms with Gasteiger partial charge in [-0.3, -0.25) is 9.59 Å². The van der Waals surface area contributed by atoms with Gasteiger partial charge in [0.05, 0.1) is 6.61 Å². The molecule has 1 saturated heterocycles. The maximum absolute atomic E-state index is 12.4. The summed E-state index contributed by atoms with van der Waals surface area (Å²) in [4.78, 5) is 25.0. The van der Waals surface area contributed by atoms with E-state index >= 15 is 0 Å². The molecule has 132 valence electrons. The molecular weight excluding hydrogens is 310 g/mol. The summed E-state index contributed by atoms with van der Waals surface area (Å²) in [6, 6.07) is 7.69. The van der Waals surface area contributed by atoms with Crippen LogP contribution in [0, 0.1) is 6.92 Å². The Bertz CT molecular complexity index is 554. The number of hydrogen-bond acceptors (Lipinski definition) is 4. The zero-order valence-electron chi connectivity index (χ0n) is 14.1. The minimum absolute atomic E-state index is 0.0420. The lowest BCUT2D eigenvalue weighted by molar-refractivity contribution is -0.147. The van der Waals surface area contributed by atoms with Crippen molar-refractivity contribution in [1.29, 1.82) is 0 Å². The van der Waals surface area contributed by atoms with Gasteiger partial charge in [-0.2, -0.15) is 0 Å². The van der Waals surface area contributed by atoms with Crippen molar-refractivity contribution in [2.45, 2.75) is 38.6 Å². The van der Waals surface area contributed by atoms with Gasteiger partial charge in [-0.25, -0.2) is 0 Å². The van der Waals surface area contributed by atoms with Crippen LogP contribution in [0.25, 0.3) is 0 Å². The number of aliphatic carboxylic acids is 1. The molecule has 0 spiro atoms. The minimum Gasteiger partial charge on any atom is -0.493 e. The zero-order chi connectivity index (χ0) is 17.4. The molecule has 1 fully saturated rings. The van der Waals surface area contributed by atoms with Crippen LogP contribution in [0.2, 0.25) is 0 Å². The fourth-order valence-electron chi connectivity index (χ4n) is 2.83. The van der Waals surface area contributed by atoms with Crippen molar-refractivity contribution >= 4 is 11.9 Å². The van der Waals surface area contributed by atoms with Crippen LogP contribution in [-0.2, 0) is 14.3 Å². The normalized spacial score (nSPS) is 15.0. The smallest absolute Gasteiger partial charge is 0.323 e. The Labute approximate surface area is 142 Å². The number of amides is 1. The number of carbonyl (C=O) groups is 2. The monoisotopic (exact) mass is 335 g/mol. The van der Waals surface area contributed by atoms with Crippen LogP contribution in [0.3, 0.4) is 0 Å². The standard InChI is InChI=1S/C18H25NO5/c1-14-5-2-3-6-16(14)24-10-4-7-17(20)19(13-18(21)22)15-8-11-23-12-9-15/h2-3,5-6,15H,4,7-13H2,1H3,(H,21,22). The quantitative estimate of drug-likeness (QED) is 0.737. The van der Waals surface area contributed by atoms with Crippen molar-refractivity contribution in [3.05, 3.63) is 29.8 Å². The average molecular weight is 335 g/mol. The Morgan fingerprint density at radius 1 is 1.29 bits per heavy atom. The molecule has 0 radical (unpaired) electrons.